The largest absolute Gasteiger partial charge is 0.481 e. The van der Waals surface area contributed by atoms with Crippen LogP contribution in [0, 0.1) is 6.92 Å². The second kappa shape index (κ2) is 6.95. The van der Waals surface area contributed by atoms with Crippen molar-refractivity contribution in [2.24, 2.45) is 0 Å². The molecule has 0 aliphatic carbocycles. The van der Waals surface area contributed by atoms with Gasteiger partial charge in [0.15, 0.2) is 0 Å². The Morgan fingerprint density at radius 3 is 2.62 bits per heavy atom. The molecule has 2 heterocycles. The van der Waals surface area contributed by atoms with Crippen molar-refractivity contribution in [2.45, 2.75) is 13.5 Å². The Bertz CT molecular complexity index is 826. The summed E-state index contributed by atoms with van der Waals surface area (Å²) in [5, 5.41) is 7.20. The molecular weight excluding hydrogens is 304 g/mol. The molecule has 6 nitrogen and oxygen atoms in total. The highest BCUT2D eigenvalue weighted by Gasteiger charge is 2.14. The lowest BCUT2D eigenvalue weighted by atomic mass is 10.2. The first-order chi connectivity index (χ1) is 11.7. The number of methoxy groups -OCH3 is 1. The average molecular weight is 322 g/mol. The zero-order valence-corrected chi connectivity index (χ0v) is 13.6. The van der Waals surface area contributed by atoms with Crippen molar-refractivity contribution in [3.8, 4) is 11.6 Å². The predicted octanol–water partition coefficient (Wildman–Crippen LogP) is 2.51. The minimum Gasteiger partial charge on any atom is -0.481 e. The highest BCUT2D eigenvalue weighted by atomic mass is 16.5. The van der Waals surface area contributed by atoms with Gasteiger partial charge in [-0.05, 0) is 24.6 Å². The standard InChI is InChI=1S/C18H18N4O2/c1-13-16(12-21-22(13)15-6-4-3-5-7-15)18(23)20-11-14-8-9-17(24-2)19-10-14/h3-10,12H,11H2,1-2H3,(H,20,23). The first-order valence-corrected chi connectivity index (χ1v) is 7.56. The van der Waals surface area contributed by atoms with Crippen LogP contribution in [-0.2, 0) is 6.54 Å². The van der Waals surface area contributed by atoms with Gasteiger partial charge in [-0.15, -0.1) is 0 Å². The van der Waals surface area contributed by atoms with Crippen LogP contribution in [0.3, 0.4) is 0 Å². The monoisotopic (exact) mass is 322 g/mol. The highest BCUT2D eigenvalue weighted by molar-refractivity contribution is 5.95. The Labute approximate surface area is 140 Å². The number of nitrogens with zero attached hydrogens (tertiary/aromatic N) is 3. The Morgan fingerprint density at radius 2 is 1.96 bits per heavy atom. The van der Waals surface area contributed by atoms with Gasteiger partial charge in [0.25, 0.3) is 5.91 Å². The van der Waals surface area contributed by atoms with Crippen molar-refractivity contribution < 1.29 is 9.53 Å². The number of amides is 1. The van der Waals surface area contributed by atoms with Crippen molar-refractivity contribution in [3.63, 3.8) is 0 Å². The van der Waals surface area contributed by atoms with E-state index in [0.29, 0.717) is 18.0 Å². The lowest BCUT2D eigenvalue weighted by Gasteiger charge is -2.07. The van der Waals surface area contributed by atoms with Gasteiger partial charge in [-0.2, -0.15) is 5.10 Å². The third-order valence-corrected chi connectivity index (χ3v) is 3.71. The molecule has 24 heavy (non-hydrogen) atoms. The first kappa shape index (κ1) is 15.7. The Balaban J connectivity index is 1.70. The first-order valence-electron chi connectivity index (χ1n) is 7.56. The molecule has 1 amide bonds. The zero-order chi connectivity index (χ0) is 16.9. The summed E-state index contributed by atoms with van der Waals surface area (Å²) in [6.07, 6.45) is 3.27. The molecule has 3 rings (SSSR count). The van der Waals surface area contributed by atoms with Crippen LogP contribution >= 0.6 is 0 Å². The summed E-state index contributed by atoms with van der Waals surface area (Å²) in [6.45, 7) is 2.27. The third kappa shape index (κ3) is 3.27. The zero-order valence-electron chi connectivity index (χ0n) is 13.6. The molecule has 0 unspecified atom stereocenters. The Morgan fingerprint density at radius 1 is 1.17 bits per heavy atom. The lowest BCUT2D eigenvalue weighted by molar-refractivity contribution is 0.0950. The summed E-state index contributed by atoms with van der Waals surface area (Å²) in [5.74, 6) is 0.385. The van der Waals surface area contributed by atoms with Crippen molar-refractivity contribution in [1.82, 2.24) is 20.1 Å². The molecule has 0 bridgehead atoms. The molecule has 0 radical (unpaired) electrons. The van der Waals surface area contributed by atoms with E-state index < -0.39 is 0 Å². The van der Waals surface area contributed by atoms with Crippen LogP contribution in [0.15, 0.2) is 54.9 Å². The van der Waals surface area contributed by atoms with Crippen LogP contribution in [-0.4, -0.2) is 27.8 Å². The predicted molar refractivity (Wildman–Crippen MR) is 90.3 cm³/mol. The van der Waals surface area contributed by atoms with E-state index >= 15 is 0 Å². The number of aromatic nitrogens is 3. The number of hydrogen-bond acceptors (Lipinski definition) is 4. The van der Waals surface area contributed by atoms with E-state index in [2.05, 4.69) is 15.4 Å². The topological polar surface area (TPSA) is 69.0 Å². The molecular formula is C18H18N4O2. The van der Waals surface area contributed by atoms with E-state index in [9.17, 15) is 4.79 Å². The summed E-state index contributed by atoms with van der Waals surface area (Å²) < 4.78 is 6.77. The fourth-order valence-electron chi connectivity index (χ4n) is 2.38. The van der Waals surface area contributed by atoms with E-state index in [4.69, 9.17) is 4.74 Å². The summed E-state index contributed by atoms with van der Waals surface area (Å²) in [4.78, 5) is 16.5. The maximum absolute atomic E-state index is 12.4. The molecule has 1 aromatic carbocycles. The normalized spacial score (nSPS) is 10.4. The Kier molecular flexibility index (Phi) is 4.56. The number of pyridine rings is 1. The van der Waals surface area contributed by atoms with E-state index in [-0.39, 0.29) is 5.91 Å². The molecule has 2 aromatic heterocycles. The molecule has 0 atom stereocenters. The van der Waals surface area contributed by atoms with Crippen LogP contribution in [0.4, 0.5) is 0 Å². The quantitative estimate of drug-likeness (QED) is 0.783. The molecule has 6 heteroatoms. The van der Waals surface area contributed by atoms with Gasteiger partial charge >= 0.3 is 0 Å². The van der Waals surface area contributed by atoms with E-state index in [1.54, 1.807) is 30.3 Å². The second-order valence-electron chi connectivity index (χ2n) is 5.28. The van der Waals surface area contributed by atoms with Gasteiger partial charge in [0.1, 0.15) is 0 Å². The number of hydrogen-bond donors (Lipinski definition) is 1. The van der Waals surface area contributed by atoms with E-state index in [1.807, 2.05) is 43.3 Å². The molecule has 0 saturated heterocycles. The summed E-state index contributed by atoms with van der Waals surface area (Å²) in [6, 6.07) is 13.3. The molecule has 0 saturated carbocycles. The molecule has 3 aromatic rings. The van der Waals surface area contributed by atoms with Crippen LogP contribution < -0.4 is 10.1 Å². The minimum absolute atomic E-state index is 0.162. The molecule has 0 fully saturated rings. The van der Waals surface area contributed by atoms with Crippen molar-refractivity contribution in [2.75, 3.05) is 7.11 Å². The summed E-state index contributed by atoms with van der Waals surface area (Å²) in [7, 11) is 1.57. The van der Waals surface area contributed by atoms with Crippen LogP contribution in [0.25, 0.3) is 5.69 Å². The fraction of sp³-hybridized carbons (Fsp3) is 0.167. The molecule has 122 valence electrons. The van der Waals surface area contributed by atoms with Crippen LogP contribution in [0.2, 0.25) is 0 Å². The lowest BCUT2D eigenvalue weighted by Crippen LogP contribution is -2.23. The fourth-order valence-corrected chi connectivity index (χ4v) is 2.38. The number of carbonyl (C=O) groups excluding carboxylic acids is 1. The number of ether oxygens (including phenoxy) is 1. The van der Waals surface area contributed by atoms with Gasteiger partial charge in [-0.3, -0.25) is 4.79 Å². The van der Waals surface area contributed by atoms with Crippen LogP contribution in [0.5, 0.6) is 5.88 Å². The van der Waals surface area contributed by atoms with E-state index in [0.717, 1.165) is 16.9 Å². The third-order valence-electron chi connectivity index (χ3n) is 3.71. The van der Waals surface area contributed by atoms with Gasteiger partial charge in [0.05, 0.1) is 30.3 Å². The summed E-state index contributed by atoms with van der Waals surface area (Å²) >= 11 is 0. The summed E-state index contributed by atoms with van der Waals surface area (Å²) in [5.41, 5.74) is 3.18. The van der Waals surface area contributed by atoms with Gasteiger partial charge in [-0.1, -0.05) is 24.3 Å². The Hall–Kier alpha value is -3.15. The number of para-hydroxylation sites is 1. The minimum atomic E-state index is -0.162. The average Bonchev–Trinajstić information content (AvgIpc) is 3.02. The van der Waals surface area contributed by atoms with Crippen LogP contribution in [0.1, 0.15) is 21.6 Å². The second-order valence-corrected chi connectivity index (χ2v) is 5.28. The molecule has 0 spiro atoms. The SMILES string of the molecule is COc1ccc(CNC(=O)c2cnn(-c3ccccc3)c2C)cn1. The number of carbonyl (C=O) groups is 1. The maximum atomic E-state index is 12.4. The highest BCUT2D eigenvalue weighted by Crippen LogP contribution is 2.14. The molecule has 1 N–H and O–H groups in total. The maximum Gasteiger partial charge on any atom is 0.255 e. The number of nitrogens with one attached hydrogen (secondary N) is 1. The number of rotatable bonds is 5. The van der Waals surface area contributed by atoms with Crippen molar-refractivity contribution in [3.05, 3.63) is 71.7 Å². The van der Waals surface area contributed by atoms with E-state index in [1.165, 1.54) is 0 Å². The van der Waals surface area contributed by atoms with Gasteiger partial charge < -0.3 is 10.1 Å². The van der Waals surface area contributed by atoms with Crippen molar-refractivity contribution >= 4 is 5.91 Å². The van der Waals surface area contributed by atoms with Gasteiger partial charge in [-0.25, -0.2) is 9.67 Å². The van der Waals surface area contributed by atoms with Gasteiger partial charge in [0.2, 0.25) is 5.88 Å². The molecule has 0 aliphatic rings. The molecule has 0 aliphatic heterocycles. The van der Waals surface area contributed by atoms with Gasteiger partial charge in [0, 0.05) is 18.8 Å². The van der Waals surface area contributed by atoms with Crippen molar-refractivity contribution in [1.29, 1.82) is 0 Å². The smallest absolute Gasteiger partial charge is 0.255 e. The number of benzene rings is 1.